The van der Waals surface area contributed by atoms with Crippen LogP contribution in [0.25, 0.3) is 0 Å². The van der Waals surface area contributed by atoms with Crippen LogP contribution in [0, 0.1) is 0 Å². The molecule has 0 aliphatic heterocycles. The van der Waals surface area contributed by atoms with Crippen LogP contribution in [0.3, 0.4) is 0 Å². The van der Waals surface area contributed by atoms with Crippen molar-refractivity contribution in [1.29, 1.82) is 0 Å². The van der Waals surface area contributed by atoms with Crippen molar-refractivity contribution in [1.82, 2.24) is 9.55 Å². The molecule has 5 heteroatoms. The highest BCUT2D eigenvalue weighted by Crippen LogP contribution is 2.25. The molecule has 0 spiro atoms. The summed E-state index contributed by atoms with van der Waals surface area (Å²) in [4.78, 5) is 6.53. The number of rotatable bonds is 4. The van der Waals surface area contributed by atoms with Gasteiger partial charge in [-0.3, -0.25) is 0 Å². The fraction of sp³-hybridized carbons (Fsp3) is 0.308. The lowest BCUT2D eigenvalue weighted by molar-refractivity contribution is 0.761. The van der Waals surface area contributed by atoms with Crippen LogP contribution in [0.5, 0.6) is 0 Å². The molecular formula is C13H15Br2N3. The van der Waals surface area contributed by atoms with E-state index in [9.17, 15) is 0 Å². The highest BCUT2D eigenvalue weighted by atomic mass is 79.9. The molecule has 0 saturated carbocycles. The maximum Gasteiger partial charge on any atom is 0.127 e. The molecule has 0 bridgehead atoms. The molecule has 0 radical (unpaired) electrons. The van der Waals surface area contributed by atoms with Gasteiger partial charge in [0.05, 0.1) is 6.54 Å². The van der Waals surface area contributed by atoms with Crippen LogP contribution in [0.2, 0.25) is 0 Å². The maximum atomic E-state index is 4.34. The number of benzene rings is 1. The number of halogens is 2. The second-order valence-corrected chi connectivity index (χ2v) is 5.63. The molecule has 0 aliphatic rings. The topological polar surface area (TPSA) is 21.1 Å². The minimum absolute atomic E-state index is 0.795. The number of alkyl halides is 1. The fourth-order valence-electron chi connectivity index (χ4n) is 1.73. The summed E-state index contributed by atoms with van der Waals surface area (Å²) in [5.74, 6) is 1.05. The Balaban J connectivity index is 2.16. The molecule has 0 saturated heterocycles. The van der Waals surface area contributed by atoms with Crippen LogP contribution in [0.15, 0.2) is 35.1 Å². The summed E-state index contributed by atoms with van der Waals surface area (Å²) < 4.78 is 3.17. The zero-order chi connectivity index (χ0) is 13.1. The van der Waals surface area contributed by atoms with E-state index in [4.69, 9.17) is 0 Å². The Kier molecular flexibility index (Phi) is 4.45. The minimum Gasteiger partial charge on any atom is -0.367 e. The molecule has 1 aromatic carbocycles. The number of aryl methyl sites for hydroxylation is 1. The summed E-state index contributed by atoms with van der Waals surface area (Å²) in [6, 6.07) is 6.40. The largest absolute Gasteiger partial charge is 0.367 e. The molecule has 2 rings (SSSR count). The van der Waals surface area contributed by atoms with Gasteiger partial charge in [-0.15, -0.1) is 0 Å². The zero-order valence-corrected chi connectivity index (χ0v) is 13.6. The highest BCUT2D eigenvalue weighted by Gasteiger charge is 2.07. The van der Waals surface area contributed by atoms with Crippen molar-refractivity contribution < 1.29 is 0 Å². The molecule has 18 heavy (non-hydrogen) atoms. The smallest absolute Gasteiger partial charge is 0.127 e. The summed E-state index contributed by atoms with van der Waals surface area (Å²) in [5, 5.41) is 0.858. The molecule has 0 aliphatic carbocycles. The van der Waals surface area contributed by atoms with Gasteiger partial charge in [-0.25, -0.2) is 4.98 Å². The van der Waals surface area contributed by atoms with E-state index in [1.807, 2.05) is 24.0 Å². The van der Waals surface area contributed by atoms with E-state index >= 15 is 0 Å². The average Bonchev–Trinajstić information content (AvgIpc) is 2.75. The van der Waals surface area contributed by atoms with E-state index in [-0.39, 0.29) is 0 Å². The van der Waals surface area contributed by atoms with E-state index < -0.39 is 0 Å². The van der Waals surface area contributed by atoms with Gasteiger partial charge in [0.15, 0.2) is 0 Å². The van der Waals surface area contributed by atoms with Crippen molar-refractivity contribution >= 4 is 37.5 Å². The van der Waals surface area contributed by atoms with Crippen LogP contribution < -0.4 is 4.90 Å². The Morgan fingerprint density at radius 1 is 1.39 bits per heavy atom. The number of anilines is 1. The van der Waals surface area contributed by atoms with Crippen LogP contribution in [-0.2, 0) is 18.9 Å². The molecule has 0 amide bonds. The van der Waals surface area contributed by atoms with E-state index in [0.29, 0.717) is 0 Å². The van der Waals surface area contributed by atoms with Gasteiger partial charge in [-0.1, -0.05) is 37.9 Å². The molecule has 1 aromatic heterocycles. The third kappa shape index (κ3) is 2.95. The van der Waals surface area contributed by atoms with Gasteiger partial charge in [0, 0.05) is 42.0 Å². The van der Waals surface area contributed by atoms with Crippen molar-refractivity contribution in [3.63, 3.8) is 0 Å². The Hall–Kier alpha value is -0.810. The second kappa shape index (κ2) is 5.89. The minimum atomic E-state index is 0.795. The van der Waals surface area contributed by atoms with Crippen molar-refractivity contribution in [2.75, 3.05) is 11.9 Å². The predicted octanol–water partition coefficient (Wildman–Crippen LogP) is 3.71. The molecular weight excluding hydrogens is 358 g/mol. The Labute approximate surface area is 124 Å². The third-order valence-corrected chi connectivity index (χ3v) is 4.26. The van der Waals surface area contributed by atoms with Crippen LogP contribution in [0.4, 0.5) is 5.69 Å². The molecule has 0 N–H and O–H groups in total. The van der Waals surface area contributed by atoms with Crippen molar-refractivity contribution in [2.24, 2.45) is 7.05 Å². The summed E-state index contributed by atoms with van der Waals surface area (Å²) >= 11 is 7.06. The van der Waals surface area contributed by atoms with E-state index in [2.05, 4.69) is 67.0 Å². The lowest BCUT2D eigenvalue weighted by atomic mass is 10.2. The number of hydrogen-bond donors (Lipinski definition) is 0. The average molecular weight is 373 g/mol. The van der Waals surface area contributed by atoms with E-state index in [0.717, 1.165) is 22.2 Å². The fourth-order valence-corrected chi connectivity index (χ4v) is 3.11. The van der Waals surface area contributed by atoms with Crippen LogP contribution in [-0.4, -0.2) is 16.6 Å². The first-order chi connectivity index (χ1) is 8.61. The number of imidazole rings is 1. The third-order valence-electron chi connectivity index (χ3n) is 2.92. The Morgan fingerprint density at radius 2 is 2.17 bits per heavy atom. The van der Waals surface area contributed by atoms with Crippen LogP contribution >= 0.6 is 31.9 Å². The molecule has 3 nitrogen and oxygen atoms in total. The predicted molar refractivity (Wildman–Crippen MR) is 82.1 cm³/mol. The van der Waals surface area contributed by atoms with Gasteiger partial charge in [0.2, 0.25) is 0 Å². The lowest BCUT2D eigenvalue weighted by Gasteiger charge is -2.19. The first-order valence-corrected chi connectivity index (χ1v) is 7.55. The van der Waals surface area contributed by atoms with Crippen molar-refractivity contribution in [3.05, 3.63) is 46.5 Å². The lowest BCUT2D eigenvalue weighted by Crippen LogP contribution is -2.19. The highest BCUT2D eigenvalue weighted by molar-refractivity contribution is 9.10. The molecule has 0 atom stereocenters. The molecule has 0 unspecified atom stereocenters. The van der Waals surface area contributed by atoms with Gasteiger partial charge in [-0.05, 0) is 17.7 Å². The SMILES string of the molecule is CN(Cc1nccn1C)c1ccc(CBr)c(Br)c1. The van der Waals surface area contributed by atoms with Gasteiger partial charge in [0.1, 0.15) is 5.82 Å². The molecule has 2 aromatic rings. The van der Waals surface area contributed by atoms with Gasteiger partial charge in [-0.2, -0.15) is 0 Å². The van der Waals surface area contributed by atoms with Gasteiger partial charge in [0.25, 0.3) is 0 Å². The number of nitrogens with zero attached hydrogens (tertiary/aromatic N) is 3. The van der Waals surface area contributed by atoms with Crippen LogP contribution in [0.1, 0.15) is 11.4 Å². The number of hydrogen-bond acceptors (Lipinski definition) is 2. The number of aromatic nitrogens is 2. The summed E-state index contributed by atoms with van der Waals surface area (Å²) in [6.07, 6.45) is 3.79. The zero-order valence-electron chi connectivity index (χ0n) is 10.4. The summed E-state index contributed by atoms with van der Waals surface area (Å²) in [7, 11) is 4.09. The van der Waals surface area contributed by atoms with Crippen molar-refractivity contribution in [2.45, 2.75) is 11.9 Å². The van der Waals surface area contributed by atoms with Gasteiger partial charge < -0.3 is 9.47 Å². The second-order valence-electron chi connectivity index (χ2n) is 4.22. The first-order valence-electron chi connectivity index (χ1n) is 5.63. The quantitative estimate of drug-likeness (QED) is 0.762. The molecule has 0 fully saturated rings. The summed E-state index contributed by atoms with van der Waals surface area (Å²) in [6.45, 7) is 0.795. The van der Waals surface area contributed by atoms with Crippen molar-refractivity contribution in [3.8, 4) is 0 Å². The monoisotopic (exact) mass is 371 g/mol. The Morgan fingerprint density at radius 3 is 2.72 bits per heavy atom. The van der Waals surface area contributed by atoms with Gasteiger partial charge >= 0.3 is 0 Å². The molecule has 1 heterocycles. The first kappa shape index (κ1) is 13.6. The molecule has 96 valence electrons. The maximum absolute atomic E-state index is 4.34. The summed E-state index contributed by atoms with van der Waals surface area (Å²) in [5.41, 5.74) is 2.43. The van der Waals surface area contributed by atoms with E-state index in [1.165, 1.54) is 11.3 Å². The standard InChI is InChI=1S/C13H15Br2N3/c1-17-6-5-16-13(17)9-18(2)11-4-3-10(8-14)12(15)7-11/h3-7H,8-9H2,1-2H3. The Bertz CT molecular complexity index is 537. The van der Waals surface area contributed by atoms with E-state index in [1.54, 1.807) is 0 Å². The normalized spacial score (nSPS) is 10.7.